The van der Waals surface area contributed by atoms with Crippen LogP contribution in [0.3, 0.4) is 0 Å². The number of carbonyl (C=O) groups excluding carboxylic acids is 1. The molecule has 2 aromatic rings. The second-order valence-electron chi connectivity index (χ2n) is 4.59. The van der Waals surface area contributed by atoms with Gasteiger partial charge in [-0.3, -0.25) is 10.1 Å². The van der Waals surface area contributed by atoms with Crippen LogP contribution >= 0.6 is 11.8 Å². The number of hydrogen-bond acceptors (Lipinski definition) is 6. The van der Waals surface area contributed by atoms with E-state index in [1.807, 2.05) is 0 Å². The first-order valence-corrected chi connectivity index (χ1v) is 7.70. The average Bonchev–Trinajstić information content (AvgIpc) is 2.55. The second-order valence-corrected chi connectivity index (χ2v) is 5.70. The van der Waals surface area contributed by atoms with Gasteiger partial charge in [0.15, 0.2) is 0 Å². The molecule has 7 nitrogen and oxygen atoms in total. The number of carboxylic acid groups (broad SMARTS) is 1. The predicted molar refractivity (Wildman–Crippen MR) is 86.6 cm³/mol. The molecule has 0 aliphatic carbocycles. The van der Waals surface area contributed by atoms with Crippen molar-refractivity contribution < 1.29 is 24.4 Å². The summed E-state index contributed by atoms with van der Waals surface area (Å²) >= 11 is 1.19. The third-order valence-corrected chi connectivity index (χ3v) is 4.08. The highest BCUT2D eigenvalue weighted by Crippen LogP contribution is 2.32. The molecule has 24 heavy (non-hydrogen) atoms. The quantitative estimate of drug-likeness (QED) is 0.483. The highest BCUT2D eigenvalue weighted by Gasteiger charge is 2.17. The van der Waals surface area contributed by atoms with Crippen molar-refractivity contribution in [1.29, 1.82) is 0 Å². The van der Waals surface area contributed by atoms with Crippen molar-refractivity contribution in [3.63, 3.8) is 0 Å². The minimum Gasteiger partial charge on any atom is -0.478 e. The molecule has 0 amide bonds. The number of nitrogens with zero attached hydrogens (tertiary/aromatic N) is 1. The zero-order valence-electron chi connectivity index (χ0n) is 12.6. The highest BCUT2D eigenvalue weighted by molar-refractivity contribution is 7.99. The maximum atomic E-state index is 12.1. The molecular weight excluding hydrogens is 334 g/mol. The van der Waals surface area contributed by atoms with E-state index in [-0.39, 0.29) is 23.4 Å². The lowest BCUT2D eigenvalue weighted by atomic mass is 10.1. The van der Waals surface area contributed by atoms with Crippen LogP contribution in [-0.2, 0) is 4.74 Å². The van der Waals surface area contributed by atoms with Crippen LogP contribution in [0, 0.1) is 10.1 Å². The fraction of sp³-hybridized carbons (Fsp3) is 0.125. The van der Waals surface area contributed by atoms with Gasteiger partial charge >= 0.3 is 11.9 Å². The van der Waals surface area contributed by atoms with Crippen molar-refractivity contribution >= 4 is 29.4 Å². The minimum atomic E-state index is -1.15. The van der Waals surface area contributed by atoms with E-state index < -0.39 is 16.9 Å². The Morgan fingerprint density at radius 1 is 1.21 bits per heavy atom. The largest absolute Gasteiger partial charge is 0.478 e. The topological polar surface area (TPSA) is 107 Å². The number of nitro groups is 1. The van der Waals surface area contributed by atoms with Crippen molar-refractivity contribution in [2.24, 2.45) is 0 Å². The van der Waals surface area contributed by atoms with E-state index in [1.54, 1.807) is 19.1 Å². The van der Waals surface area contributed by atoms with Crippen LogP contribution in [0.2, 0.25) is 0 Å². The molecule has 0 heterocycles. The Morgan fingerprint density at radius 2 is 1.88 bits per heavy atom. The molecule has 0 unspecified atom stereocenters. The maximum Gasteiger partial charge on any atom is 0.339 e. The molecule has 2 aromatic carbocycles. The van der Waals surface area contributed by atoms with Gasteiger partial charge in [-0.2, -0.15) is 0 Å². The van der Waals surface area contributed by atoms with Crippen LogP contribution in [0.5, 0.6) is 0 Å². The molecule has 0 saturated heterocycles. The van der Waals surface area contributed by atoms with Gasteiger partial charge in [-0.25, -0.2) is 9.59 Å². The highest BCUT2D eigenvalue weighted by atomic mass is 32.2. The van der Waals surface area contributed by atoms with Crippen molar-refractivity contribution in [2.75, 3.05) is 6.61 Å². The summed E-state index contributed by atoms with van der Waals surface area (Å²) in [4.78, 5) is 34.5. The molecule has 0 atom stereocenters. The first-order valence-electron chi connectivity index (χ1n) is 6.89. The summed E-state index contributed by atoms with van der Waals surface area (Å²) in [6.45, 7) is 1.82. The standard InChI is InChI=1S/C16H13NO6S/c1-2-23-16(20)13-9-10(15(18)19)3-8-14(13)24-12-6-4-11(5-7-12)17(21)22/h3-9H,2H2,1H3,(H,18,19). The number of benzene rings is 2. The Bertz CT molecular complexity index is 788. The van der Waals surface area contributed by atoms with E-state index in [0.717, 1.165) is 0 Å². The summed E-state index contributed by atoms with van der Waals surface area (Å²) in [6.07, 6.45) is 0. The number of carbonyl (C=O) groups is 2. The smallest absolute Gasteiger partial charge is 0.339 e. The van der Waals surface area contributed by atoms with Crippen molar-refractivity contribution in [2.45, 2.75) is 16.7 Å². The minimum absolute atomic E-state index is 0.0221. The van der Waals surface area contributed by atoms with E-state index in [4.69, 9.17) is 9.84 Å². The van der Waals surface area contributed by atoms with Gasteiger partial charge in [0.25, 0.3) is 5.69 Å². The lowest BCUT2D eigenvalue weighted by Crippen LogP contribution is -2.08. The summed E-state index contributed by atoms with van der Waals surface area (Å²) in [5.41, 5.74) is 0.0809. The van der Waals surface area contributed by atoms with Crippen LogP contribution in [0.25, 0.3) is 0 Å². The molecule has 0 aliphatic heterocycles. The van der Waals surface area contributed by atoms with E-state index in [2.05, 4.69) is 0 Å². The van der Waals surface area contributed by atoms with E-state index in [0.29, 0.717) is 9.79 Å². The van der Waals surface area contributed by atoms with E-state index in [9.17, 15) is 19.7 Å². The molecule has 8 heteroatoms. The summed E-state index contributed by atoms with van der Waals surface area (Å²) < 4.78 is 4.96. The van der Waals surface area contributed by atoms with Crippen molar-refractivity contribution in [3.05, 3.63) is 63.7 Å². The zero-order chi connectivity index (χ0) is 17.7. The molecule has 124 valence electrons. The molecule has 0 saturated carbocycles. The Morgan fingerprint density at radius 3 is 2.42 bits per heavy atom. The van der Waals surface area contributed by atoms with Gasteiger partial charge in [0.2, 0.25) is 0 Å². The lowest BCUT2D eigenvalue weighted by Gasteiger charge is -2.09. The van der Waals surface area contributed by atoms with Gasteiger partial charge in [0, 0.05) is 21.9 Å². The van der Waals surface area contributed by atoms with Gasteiger partial charge in [-0.1, -0.05) is 11.8 Å². The molecule has 0 radical (unpaired) electrons. The van der Waals surface area contributed by atoms with Crippen LogP contribution in [0.4, 0.5) is 5.69 Å². The number of rotatable bonds is 6. The first-order chi connectivity index (χ1) is 11.4. The molecular formula is C16H13NO6S. The Balaban J connectivity index is 2.35. The Kier molecular flexibility index (Phi) is 5.54. The summed E-state index contributed by atoms with van der Waals surface area (Å²) in [6, 6.07) is 10.00. The molecule has 1 N–H and O–H groups in total. The fourth-order valence-corrected chi connectivity index (χ4v) is 2.80. The van der Waals surface area contributed by atoms with Gasteiger partial charge in [-0.15, -0.1) is 0 Å². The number of esters is 1. The summed E-state index contributed by atoms with van der Waals surface area (Å²) in [5, 5.41) is 19.7. The third kappa shape index (κ3) is 4.11. The Labute approximate surface area is 141 Å². The van der Waals surface area contributed by atoms with Gasteiger partial charge < -0.3 is 9.84 Å². The van der Waals surface area contributed by atoms with Gasteiger partial charge in [0.05, 0.1) is 22.7 Å². The van der Waals surface area contributed by atoms with Crippen LogP contribution in [0.1, 0.15) is 27.6 Å². The summed E-state index contributed by atoms with van der Waals surface area (Å²) in [5.74, 6) is -1.77. The first kappa shape index (κ1) is 17.5. The molecule has 0 aromatic heterocycles. The maximum absolute atomic E-state index is 12.1. The molecule has 0 fully saturated rings. The SMILES string of the molecule is CCOC(=O)c1cc(C(=O)O)ccc1Sc1ccc([N+](=O)[O-])cc1. The molecule has 0 bridgehead atoms. The normalized spacial score (nSPS) is 10.2. The lowest BCUT2D eigenvalue weighted by molar-refractivity contribution is -0.384. The van der Waals surface area contributed by atoms with Gasteiger partial charge in [0.1, 0.15) is 0 Å². The predicted octanol–water partition coefficient (Wildman–Crippen LogP) is 3.62. The monoisotopic (exact) mass is 347 g/mol. The average molecular weight is 347 g/mol. The van der Waals surface area contributed by atoms with Crippen molar-refractivity contribution in [1.82, 2.24) is 0 Å². The number of aromatic carboxylic acids is 1. The molecule has 0 spiro atoms. The van der Waals surface area contributed by atoms with Crippen molar-refractivity contribution in [3.8, 4) is 0 Å². The van der Waals surface area contributed by atoms with Crippen LogP contribution < -0.4 is 0 Å². The third-order valence-electron chi connectivity index (χ3n) is 3.00. The van der Waals surface area contributed by atoms with Crippen LogP contribution in [0.15, 0.2) is 52.3 Å². The van der Waals surface area contributed by atoms with Gasteiger partial charge in [-0.05, 0) is 37.3 Å². The number of ether oxygens (including phenoxy) is 1. The second kappa shape index (κ2) is 7.60. The molecule has 2 rings (SSSR count). The number of non-ortho nitro benzene ring substituents is 1. The zero-order valence-corrected chi connectivity index (χ0v) is 13.4. The van der Waals surface area contributed by atoms with E-state index in [1.165, 1.54) is 42.1 Å². The number of nitro benzene ring substituents is 1. The summed E-state index contributed by atoms with van der Waals surface area (Å²) in [7, 11) is 0. The number of carboxylic acids is 1. The molecule has 0 aliphatic rings. The van der Waals surface area contributed by atoms with E-state index >= 15 is 0 Å². The number of hydrogen-bond donors (Lipinski definition) is 1. The fourth-order valence-electron chi connectivity index (χ4n) is 1.88. The van der Waals surface area contributed by atoms with Crippen LogP contribution in [-0.4, -0.2) is 28.6 Å². The Hall–Kier alpha value is -2.87.